The summed E-state index contributed by atoms with van der Waals surface area (Å²) in [7, 11) is -1.61. The summed E-state index contributed by atoms with van der Waals surface area (Å²) in [5.41, 5.74) is 2.31. The Kier molecular flexibility index (Phi) is 6.76. The van der Waals surface area contributed by atoms with Crippen LogP contribution in [0.25, 0.3) is 11.0 Å². The van der Waals surface area contributed by atoms with E-state index in [-0.39, 0.29) is 16.8 Å². The lowest BCUT2D eigenvalue weighted by molar-refractivity contribution is 0.0943. The van der Waals surface area contributed by atoms with Crippen LogP contribution in [0.2, 0.25) is 5.02 Å². The summed E-state index contributed by atoms with van der Waals surface area (Å²) >= 11 is 5.98. The average molecular weight is 490 g/mol. The fourth-order valence-corrected chi connectivity index (χ4v) is 5.71. The number of sulfonamides is 1. The molecule has 2 aromatic carbocycles. The first kappa shape index (κ1) is 23.7. The van der Waals surface area contributed by atoms with Crippen molar-refractivity contribution in [2.75, 3.05) is 26.2 Å². The minimum absolute atomic E-state index is 0.0637. The van der Waals surface area contributed by atoms with Crippen LogP contribution in [0.15, 0.2) is 47.4 Å². The average Bonchev–Trinajstić information content (AvgIpc) is 3.08. The summed E-state index contributed by atoms with van der Waals surface area (Å²) in [5.74, 6) is 0.758. The third-order valence-corrected chi connectivity index (χ3v) is 7.92. The van der Waals surface area contributed by atoms with Gasteiger partial charge in [0, 0.05) is 49.9 Å². The molecule has 0 unspecified atom stereocenters. The highest BCUT2D eigenvalue weighted by Gasteiger charge is 2.29. The number of amides is 1. The molecule has 10 heteroatoms. The van der Waals surface area contributed by atoms with E-state index in [1.807, 2.05) is 43.7 Å². The third-order valence-electron chi connectivity index (χ3n) is 5.79. The number of piperazine rings is 1. The summed E-state index contributed by atoms with van der Waals surface area (Å²) in [4.78, 5) is 19.5. The van der Waals surface area contributed by atoms with Gasteiger partial charge in [-0.15, -0.1) is 0 Å². The van der Waals surface area contributed by atoms with Gasteiger partial charge in [-0.2, -0.15) is 4.31 Å². The first-order chi connectivity index (χ1) is 15.6. The fraction of sp³-hybridized carbons (Fsp3) is 0.391. The first-order valence-corrected chi connectivity index (χ1v) is 12.7. The zero-order chi connectivity index (χ0) is 23.8. The zero-order valence-corrected chi connectivity index (χ0v) is 20.5. The molecule has 1 saturated heterocycles. The van der Waals surface area contributed by atoms with Gasteiger partial charge in [0.05, 0.1) is 22.5 Å². The second-order valence-corrected chi connectivity index (χ2v) is 10.9. The van der Waals surface area contributed by atoms with E-state index in [1.54, 1.807) is 18.2 Å². The standard InChI is InChI=1S/C23H28ClN5O3S/c1-16(2)25-23(30)17-7-8-21-20(13-17)26-22(27(21)3)15-28-9-11-29(12-10-28)33(31,32)19-6-4-5-18(24)14-19/h4-8,13-14,16H,9-12,15H2,1-3H3,(H,25,30). The number of carbonyl (C=O) groups is 1. The van der Waals surface area contributed by atoms with Gasteiger partial charge in [-0.1, -0.05) is 17.7 Å². The van der Waals surface area contributed by atoms with Crippen molar-refractivity contribution < 1.29 is 13.2 Å². The van der Waals surface area contributed by atoms with Crippen molar-refractivity contribution in [1.29, 1.82) is 0 Å². The van der Waals surface area contributed by atoms with Crippen LogP contribution in [-0.2, 0) is 23.6 Å². The number of hydrogen-bond donors (Lipinski definition) is 1. The number of nitrogens with zero attached hydrogens (tertiary/aromatic N) is 4. The minimum atomic E-state index is -3.57. The molecule has 1 aromatic heterocycles. The van der Waals surface area contributed by atoms with Crippen LogP contribution in [0.4, 0.5) is 0 Å². The molecule has 3 aromatic rings. The number of hydrogen-bond acceptors (Lipinski definition) is 5. The van der Waals surface area contributed by atoms with E-state index < -0.39 is 10.0 Å². The monoisotopic (exact) mass is 489 g/mol. The highest BCUT2D eigenvalue weighted by molar-refractivity contribution is 7.89. The molecule has 0 bridgehead atoms. The van der Waals surface area contributed by atoms with Crippen molar-refractivity contribution in [2.45, 2.75) is 31.3 Å². The SMILES string of the molecule is CC(C)NC(=O)c1ccc2c(c1)nc(CN1CCN(S(=O)(=O)c3cccc(Cl)c3)CC1)n2C. The number of halogens is 1. The second kappa shape index (κ2) is 9.42. The largest absolute Gasteiger partial charge is 0.350 e. The summed E-state index contributed by atoms with van der Waals surface area (Å²) in [6.45, 7) is 6.46. The maximum Gasteiger partial charge on any atom is 0.251 e. The van der Waals surface area contributed by atoms with Gasteiger partial charge in [0.1, 0.15) is 5.82 Å². The van der Waals surface area contributed by atoms with Gasteiger partial charge in [0.15, 0.2) is 0 Å². The molecule has 1 fully saturated rings. The lowest BCUT2D eigenvalue weighted by Crippen LogP contribution is -2.48. The number of fused-ring (bicyclic) bond motifs is 1. The van der Waals surface area contributed by atoms with Crippen molar-refractivity contribution in [1.82, 2.24) is 24.1 Å². The highest BCUT2D eigenvalue weighted by Crippen LogP contribution is 2.22. The van der Waals surface area contributed by atoms with E-state index >= 15 is 0 Å². The molecule has 176 valence electrons. The van der Waals surface area contributed by atoms with Crippen LogP contribution >= 0.6 is 11.6 Å². The number of imidazole rings is 1. The molecule has 2 heterocycles. The van der Waals surface area contributed by atoms with Crippen LogP contribution in [0.5, 0.6) is 0 Å². The van der Waals surface area contributed by atoms with E-state index in [2.05, 4.69) is 10.2 Å². The van der Waals surface area contributed by atoms with Crippen molar-refractivity contribution in [2.24, 2.45) is 7.05 Å². The number of aryl methyl sites for hydroxylation is 1. The number of nitrogens with one attached hydrogen (secondary N) is 1. The van der Waals surface area contributed by atoms with Gasteiger partial charge in [0.2, 0.25) is 10.0 Å². The van der Waals surface area contributed by atoms with Crippen molar-refractivity contribution in [3.05, 3.63) is 58.9 Å². The van der Waals surface area contributed by atoms with Crippen molar-refractivity contribution >= 4 is 38.6 Å². The lowest BCUT2D eigenvalue weighted by atomic mass is 10.2. The van der Waals surface area contributed by atoms with Gasteiger partial charge in [-0.05, 0) is 50.2 Å². The third kappa shape index (κ3) is 5.06. The Bertz CT molecular complexity index is 1280. The normalized spacial score (nSPS) is 15.9. The molecule has 0 spiro atoms. The number of carbonyl (C=O) groups excluding carboxylic acids is 1. The molecule has 0 aliphatic carbocycles. The molecular weight excluding hydrogens is 462 g/mol. The van der Waals surface area contributed by atoms with Gasteiger partial charge in [-0.3, -0.25) is 9.69 Å². The number of aromatic nitrogens is 2. The zero-order valence-electron chi connectivity index (χ0n) is 19.0. The molecular formula is C23H28ClN5O3S. The van der Waals surface area contributed by atoms with Crippen LogP contribution in [0.3, 0.4) is 0 Å². The molecule has 1 amide bonds. The topological polar surface area (TPSA) is 87.5 Å². The Balaban J connectivity index is 1.44. The van der Waals surface area contributed by atoms with E-state index in [1.165, 1.54) is 10.4 Å². The van der Waals surface area contributed by atoms with E-state index in [9.17, 15) is 13.2 Å². The molecule has 1 N–H and O–H groups in total. The summed E-state index contributed by atoms with van der Waals surface area (Å²) in [6.07, 6.45) is 0. The Hall–Kier alpha value is -2.46. The van der Waals surface area contributed by atoms with Crippen LogP contribution < -0.4 is 5.32 Å². The van der Waals surface area contributed by atoms with Gasteiger partial charge < -0.3 is 9.88 Å². The Labute approximate surface area is 199 Å². The minimum Gasteiger partial charge on any atom is -0.350 e. The van der Waals surface area contributed by atoms with Crippen molar-refractivity contribution in [3.63, 3.8) is 0 Å². The van der Waals surface area contributed by atoms with E-state index in [0.717, 1.165) is 16.9 Å². The molecule has 4 rings (SSSR count). The van der Waals surface area contributed by atoms with Crippen molar-refractivity contribution in [3.8, 4) is 0 Å². The summed E-state index contributed by atoms with van der Waals surface area (Å²) in [6, 6.07) is 12.0. The predicted molar refractivity (Wildman–Crippen MR) is 129 cm³/mol. The smallest absolute Gasteiger partial charge is 0.251 e. The quantitative estimate of drug-likeness (QED) is 0.575. The Morgan fingerprint density at radius 3 is 2.52 bits per heavy atom. The lowest BCUT2D eigenvalue weighted by Gasteiger charge is -2.33. The predicted octanol–water partition coefficient (Wildman–Crippen LogP) is 2.87. The number of benzene rings is 2. The molecule has 0 atom stereocenters. The summed E-state index contributed by atoms with van der Waals surface area (Å²) in [5, 5.41) is 3.30. The van der Waals surface area contributed by atoms with Gasteiger partial charge in [-0.25, -0.2) is 13.4 Å². The Morgan fingerprint density at radius 2 is 1.85 bits per heavy atom. The highest BCUT2D eigenvalue weighted by atomic mass is 35.5. The molecule has 1 aliphatic rings. The molecule has 33 heavy (non-hydrogen) atoms. The molecule has 0 radical (unpaired) electrons. The molecule has 8 nitrogen and oxygen atoms in total. The number of rotatable bonds is 6. The maximum absolute atomic E-state index is 12.9. The maximum atomic E-state index is 12.9. The Morgan fingerprint density at radius 1 is 1.12 bits per heavy atom. The van der Waals surface area contributed by atoms with Gasteiger partial charge in [0.25, 0.3) is 5.91 Å². The van der Waals surface area contributed by atoms with Crippen LogP contribution in [-0.4, -0.2) is 65.3 Å². The molecule has 1 aliphatic heterocycles. The van der Waals surface area contributed by atoms with Crippen LogP contribution in [0.1, 0.15) is 30.0 Å². The van der Waals surface area contributed by atoms with E-state index in [4.69, 9.17) is 16.6 Å². The van der Waals surface area contributed by atoms with Gasteiger partial charge >= 0.3 is 0 Å². The first-order valence-electron chi connectivity index (χ1n) is 10.9. The fourth-order valence-electron chi connectivity index (χ4n) is 3.98. The van der Waals surface area contributed by atoms with Crippen LogP contribution in [0, 0.1) is 0 Å². The second-order valence-electron chi connectivity index (χ2n) is 8.56. The molecule has 0 saturated carbocycles. The summed E-state index contributed by atoms with van der Waals surface area (Å²) < 4.78 is 29.4. The van der Waals surface area contributed by atoms with E-state index in [0.29, 0.717) is 43.3 Å².